The molecule has 1 saturated carbocycles. The van der Waals surface area contributed by atoms with Gasteiger partial charge in [-0.05, 0) is 18.9 Å². The summed E-state index contributed by atoms with van der Waals surface area (Å²) in [5.74, 6) is 0.114. The Hall–Kier alpha value is -2.71. The van der Waals surface area contributed by atoms with E-state index in [-0.39, 0.29) is 30.8 Å². The smallest absolute Gasteiger partial charge is 0.325 e. The first-order chi connectivity index (χ1) is 12.6. The SMILES string of the molecule is O=C(CCN1C(=O)NC2(CCCCC2)C1=O)NCCNc1ncccn1. The molecule has 1 aromatic heterocycles. The van der Waals surface area contributed by atoms with Gasteiger partial charge in [0, 0.05) is 38.4 Å². The molecule has 0 radical (unpaired) electrons. The fraction of sp³-hybridized carbons (Fsp3) is 0.588. The van der Waals surface area contributed by atoms with E-state index in [4.69, 9.17) is 0 Å². The average molecular weight is 360 g/mol. The Morgan fingerprint density at radius 2 is 1.88 bits per heavy atom. The largest absolute Gasteiger partial charge is 0.354 e. The van der Waals surface area contributed by atoms with Crippen molar-refractivity contribution in [2.75, 3.05) is 25.0 Å². The fourth-order valence-corrected chi connectivity index (χ4v) is 3.44. The first kappa shape index (κ1) is 18.1. The number of rotatable bonds is 7. The second kappa shape index (κ2) is 8.11. The van der Waals surface area contributed by atoms with E-state index in [2.05, 4.69) is 25.9 Å². The molecule has 0 unspecified atom stereocenters. The fourth-order valence-electron chi connectivity index (χ4n) is 3.44. The van der Waals surface area contributed by atoms with E-state index in [0.717, 1.165) is 19.3 Å². The highest BCUT2D eigenvalue weighted by atomic mass is 16.2. The third-order valence-corrected chi connectivity index (χ3v) is 4.81. The van der Waals surface area contributed by atoms with Crippen LogP contribution < -0.4 is 16.0 Å². The Balaban J connectivity index is 1.38. The van der Waals surface area contributed by atoms with Gasteiger partial charge in [-0.3, -0.25) is 14.5 Å². The number of amides is 4. The van der Waals surface area contributed by atoms with Gasteiger partial charge in [-0.25, -0.2) is 14.8 Å². The molecule has 1 spiro atoms. The lowest BCUT2D eigenvalue weighted by molar-refractivity contribution is -0.132. The first-order valence-electron chi connectivity index (χ1n) is 9.02. The molecule has 1 saturated heterocycles. The molecule has 1 aliphatic carbocycles. The maximum absolute atomic E-state index is 12.6. The van der Waals surface area contributed by atoms with Crippen LogP contribution in [0.2, 0.25) is 0 Å². The Morgan fingerprint density at radius 1 is 1.15 bits per heavy atom. The summed E-state index contributed by atoms with van der Waals surface area (Å²) in [6, 6.07) is 1.34. The van der Waals surface area contributed by atoms with E-state index in [9.17, 15) is 14.4 Å². The molecular weight excluding hydrogens is 336 g/mol. The lowest BCUT2D eigenvalue weighted by Crippen LogP contribution is -2.48. The summed E-state index contributed by atoms with van der Waals surface area (Å²) >= 11 is 0. The molecule has 26 heavy (non-hydrogen) atoms. The van der Waals surface area contributed by atoms with Crippen LogP contribution in [-0.4, -0.2) is 57.9 Å². The van der Waals surface area contributed by atoms with Crippen molar-refractivity contribution in [2.24, 2.45) is 0 Å². The molecule has 0 atom stereocenters. The predicted octanol–water partition coefficient (Wildman–Crippen LogP) is 0.650. The molecule has 140 valence electrons. The van der Waals surface area contributed by atoms with Crippen LogP contribution in [0.25, 0.3) is 0 Å². The Morgan fingerprint density at radius 3 is 2.62 bits per heavy atom. The number of anilines is 1. The van der Waals surface area contributed by atoms with Gasteiger partial charge in [-0.1, -0.05) is 19.3 Å². The van der Waals surface area contributed by atoms with E-state index in [1.807, 2.05) is 0 Å². The molecule has 3 N–H and O–H groups in total. The zero-order valence-corrected chi connectivity index (χ0v) is 14.7. The molecule has 2 heterocycles. The van der Waals surface area contributed by atoms with Crippen molar-refractivity contribution in [3.63, 3.8) is 0 Å². The van der Waals surface area contributed by atoms with Crippen molar-refractivity contribution >= 4 is 23.8 Å². The lowest BCUT2D eigenvalue weighted by atomic mass is 9.82. The van der Waals surface area contributed by atoms with Crippen molar-refractivity contribution in [2.45, 2.75) is 44.1 Å². The zero-order chi connectivity index (χ0) is 18.4. The molecule has 0 aromatic carbocycles. The normalized spacial score (nSPS) is 18.7. The van der Waals surface area contributed by atoms with Crippen LogP contribution >= 0.6 is 0 Å². The van der Waals surface area contributed by atoms with Gasteiger partial charge >= 0.3 is 6.03 Å². The highest BCUT2D eigenvalue weighted by Gasteiger charge is 2.50. The quantitative estimate of drug-likeness (QED) is 0.486. The van der Waals surface area contributed by atoms with Crippen LogP contribution in [0.4, 0.5) is 10.7 Å². The van der Waals surface area contributed by atoms with Crippen LogP contribution in [0.15, 0.2) is 18.5 Å². The van der Waals surface area contributed by atoms with Crippen LogP contribution in [0.3, 0.4) is 0 Å². The Kier molecular flexibility index (Phi) is 5.65. The minimum atomic E-state index is -0.731. The van der Waals surface area contributed by atoms with Crippen molar-refractivity contribution < 1.29 is 14.4 Å². The number of carbonyl (C=O) groups is 3. The third-order valence-electron chi connectivity index (χ3n) is 4.81. The topological polar surface area (TPSA) is 116 Å². The van der Waals surface area contributed by atoms with E-state index in [1.54, 1.807) is 18.5 Å². The molecule has 1 aliphatic heterocycles. The number of hydrogen-bond donors (Lipinski definition) is 3. The van der Waals surface area contributed by atoms with Crippen LogP contribution in [0.1, 0.15) is 38.5 Å². The van der Waals surface area contributed by atoms with Crippen LogP contribution in [0.5, 0.6) is 0 Å². The molecule has 0 bridgehead atoms. The highest BCUT2D eigenvalue weighted by Crippen LogP contribution is 2.33. The molecule has 3 rings (SSSR count). The Bertz CT molecular complexity index is 660. The molecule has 1 aromatic rings. The van der Waals surface area contributed by atoms with Crippen LogP contribution in [0, 0.1) is 0 Å². The molecule has 9 heteroatoms. The van der Waals surface area contributed by atoms with Gasteiger partial charge in [0.05, 0.1) is 0 Å². The van der Waals surface area contributed by atoms with Gasteiger partial charge in [0.1, 0.15) is 5.54 Å². The Labute approximate surface area is 151 Å². The summed E-state index contributed by atoms with van der Waals surface area (Å²) in [5, 5.41) is 8.58. The summed E-state index contributed by atoms with van der Waals surface area (Å²) in [6.45, 7) is 0.997. The van der Waals surface area contributed by atoms with E-state index in [0.29, 0.717) is 31.9 Å². The summed E-state index contributed by atoms with van der Waals surface area (Å²) < 4.78 is 0. The minimum absolute atomic E-state index is 0.0943. The lowest BCUT2D eigenvalue weighted by Gasteiger charge is -2.30. The predicted molar refractivity (Wildman–Crippen MR) is 94.2 cm³/mol. The summed E-state index contributed by atoms with van der Waals surface area (Å²) in [4.78, 5) is 45.9. The second-order valence-electron chi connectivity index (χ2n) is 6.63. The highest BCUT2D eigenvalue weighted by molar-refractivity contribution is 6.07. The molecule has 2 fully saturated rings. The maximum Gasteiger partial charge on any atom is 0.325 e. The summed E-state index contributed by atoms with van der Waals surface area (Å²) in [7, 11) is 0. The van der Waals surface area contributed by atoms with Crippen molar-refractivity contribution in [3.05, 3.63) is 18.5 Å². The monoisotopic (exact) mass is 360 g/mol. The van der Waals surface area contributed by atoms with E-state index < -0.39 is 5.54 Å². The third kappa shape index (κ3) is 4.09. The first-order valence-corrected chi connectivity index (χ1v) is 9.02. The minimum Gasteiger partial charge on any atom is -0.354 e. The second-order valence-corrected chi connectivity index (χ2v) is 6.63. The summed E-state index contributed by atoms with van der Waals surface area (Å²) in [5.41, 5.74) is -0.731. The number of imide groups is 1. The van der Waals surface area contributed by atoms with Gasteiger partial charge < -0.3 is 16.0 Å². The van der Waals surface area contributed by atoms with Gasteiger partial charge in [0.15, 0.2) is 0 Å². The van der Waals surface area contributed by atoms with Crippen molar-refractivity contribution in [1.82, 2.24) is 25.5 Å². The number of carbonyl (C=O) groups excluding carboxylic acids is 3. The van der Waals surface area contributed by atoms with Gasteiger partial charge in [-0.2, -0.15) is 0 Å². The van der Waals surface area contributed by atoms with Crippen LogP contribution in [-0.2, 0) is 9.59 Å². The zero-order valence-electron chi connectivity index (χ0n) is 14.7. The molecule has 4 amide bonds. The molecular formula is C17H24N6O3. The van der Waals surface area contributed by atoms with Gasteiger partial charge in [-0.15, -0.1) is 0 Å². The maximum atomic E-state index is 12.6. The number of urea groups is 1. The van der Waals surface area contributed by atoms with E-state index >= 15 is 0 Å². The number of nitrogens with zero attached hydrogens (tertiary/aromatic N) is 3. The average Bonchev–Trinajstić information content (AvgIpc) is 2.88. The van der Waals surface area contributed by atoms with Crippen molar-refractivity contribution in [1.29, 1.82) is 0 Å². The number of aromatic nitrogens is 2. The molecule has 9 nitrogen and oxygen atoms in total. The molecule has 2 aliphatic rings. The van der Waals surface area contributed by atoms with Crippen molar-refractivity contribution in [3.8, 4) is 0 Å². The number of nitrogens with one attached hydrogen (secondary N) is 3. The standard InChI is InChI=1S/C17H24N6O3/c24-13(18-10-11-21-15-19-8-4-9-20-15)5-12-23-14(25)17(22-16(23)26)6-2-1-3-7-17/h4,8-9H,1-3,5-7,10-12H2,(H,18,24)(H,22,26)(H,19,20,21). The van der Waals surface area contributed by atoms with E-state index in [1.165, 1.54) is 4.90 Å². The number of hydrogen-bond acceptors (Lipinski definition) is 6. The van der Waals surface area contributed by atoms with Gasteiger partial charge in [0.25, 0.3) is 5.91 Å². The summed E-state index contributed by atoms with van der Waals surface area (Å²) in [6.07, 6.45) is 7.71. The van der Waals surface area contributed by atoms with Gasteiger partial charge in [0.2, 0.25) is 11.9 Å².